The summed E-state index contributed by atoms with van der Waals surface area (Å²) in [6.07, 6.45) is 0. The van der Waals surface area contributed by atoms with Gasteiger partial charge in [-0.25, -0.2) is 8.42 Å². The molecule has 1 aromatic rings. The first-order chi connectivity index (χ1) is 9.57. The Morgan fingerprint density at radius 3 is 2.43 bits per heavy atom. The summed E-state index contributed by atoms with van der Waals surface area (Å²) < 4.78 is 27.0. The van der Waals surface area contributed by atoms with Gasteiger partial charge in [-0.05, 0) is 33.0 Å². The third-order valence-corrected chi connectivity index (χ3v) is 6.73. The maximum absolute atomic E-state index is 12.8. The van der Waals surface area contributed by atoms with Gasteiger partial charge in [-0.2, -0.15) is 4.31 Å². The van der Waals surface area contributed by atoms with E-state index in [4.69, 9.17) is 28.9 Å². The second kappa shape index (κ2) is 5.59. The van der Waals surface area contributed by atoms with Gasteiger partial charge in [-0.3, -0.25) is 4.90 Å². The average Bonchev–Trinajstić information content (AvgIpc) is 2.38. The minimum atomic E-state index is -3.69. The number of halogens is 2. The normalized spacial score (nSPS) is 20.6. The lowest BCUT2D eigenvalue weighted by atomic mass is 10.0. The molecule has 0 saturated carbocycles. The molecule has 0 atom stereocenters. The number of rotatable bonds is 2. The topological polar surface area (TPSA) is 66.6 Å². The van der Waals surface area contributed by atoms with E-state index in [2.05, 4.69) is 4.90 Å². The Labute approximate surface area is 135 Å². The molecule has 1 aliphatic rings. The Balaban J connectivity index is 2.42. The van der Waals surface area contributed by atoms with E-state index in [9.17, 15) is 8.42 Å². The molecule has 0 spiro atoms. The standard InChI is InChI=1S/C13H19Cl2N3O2S/c1-13(2)8-18(7-6-17(13)3)21(19,20)10-5-4-9(14)12(16)11(10)15/h4-5H,6-8,16H2,1-3H3. The summed E-state index contributed by atoms with van der Waals surface area (Å²) in [5.41, 5.74) is 5.58. The maximum atomic E-state index is 12.8. The monoisotopic (exact) mass is 351 g/mol. The first-order valence-corrected chi connectivity index (χ1v) is 8.72. The maximum Gasteiger partial charge on any atom is 0.244 e. The Kier molecular flexibility index (Phi) is 4.48. The third-order valence-electron chi connectivity index (χ3n) is 3.99. The molecule has 8 heteroatoms. The molecule has 0 radical (unpaired) electrons. The Hall–Kier alpha value is -0.530. The van der Waals surface area contributed by atoms with Crippen molar-refractivity contribution in [2.24, 2.45) is 0 Å². The van der Waals surface area contributed by atoms with E-state index in [1.165, 1.54) is 16.4 Å². The first-order valence-electron chi connectivity index (χ1n) is 6.52. The van der Waals surface area contributed by atoms with E-state index in [1.807, 2.05) is 20.9 Å². The summed E-state index contributed by atoms with van der Waals surface area (Å²) in [4.78, 5) is 2.14. The van der Waals surface area contributed by atoms with Gasteiger partial charge in [0.05, 0.1) is 15.7 Å². The summed E-state index contributed by atoms with van der Waals surface area (Å²) in [5, 5.41) is 0.233. The van der Waals surface area contributed by atoms with E-state index >= 15 is 0 Å². The summed E-state index contributed by atoms with van der Waals surface area (Å²) in [7, 11) is -1.71. The molecule has 21 heavy (non-hydrogen) atoms. The van der Waals surface area contributed by atoms with Gasteiger partial charge in [0.15, 0.2) is 0 Å². The number of nitrogens with zero attached hydrogens (tertiary/aromatic N) is 2. The predicted molar refractivity (Wildman–Crippen MR) is 86.3 cm³/mol. The fraction of sp³-hybridized carbons (Fsp3) is 0.538. The van der Waals surface area contributed by atoms with E-state index in [0.717, 1.165) is 0 Å². The minimum Gasteiger partial charge on any atom is -0.396 e. The van der Waals surface area contributed by atoms with Crippen LogP contribution in [0.4, 0.5) is 5.69 Å². The quantitative estimate of drug-likeness (QED) is 0.830. The van der Waals surface area contributed by atoms with Gasteiger partial charge in [-0.15, -0.1) is 0 Å². The summed E-state index contributed by atoms with van der Waals surface area (Å²) in [6.45, 7) is 5.48. The summed E-state index contributed by atoms with van der Waals surface area (Å²) in [6, 6.07) is 2.86. The second-order valence-electron chi connectivity index (χ2n) is 5.85. The number of benzene rings is 1. The van der Waals surface area contributed by atoms with Crippen molar-refractivity contribution in [3.63, 3.8) is 0 Å². The highest BCUT2D eigenvalue weighted by molar-refractivity contribution is 7.89. The molecule has 0 aliphatic carbocycles. The van der Waals surface area contributed by atoms with Crippen LogP contribution in [0.2, 0.25) is 10.0 Å². The Bertz CT molecular complexity index is 662. The van der Waals surface area contributed by atoms with Crippen LogP contribution in [-0.2, 0) is 10.0 Å². The second-order valence-corrected chi connectivity index (χ2v) is 8.54. The minimum absolute atomic E-state index is 0.00594. The lowest BCUT2D eigenvalue weighted by Crippen LogP contribution is -2.58. The molecule has 0 unspecified atom stereocenters. The van der Waals surface area contributed by atoms with Gasteiger partial charge in [0.1, 0.15) is 4.90 Å². The van der Waals surface area contributed by atoms with Crippen LogP contribution in [0, 0.1) is 0 Å². The van der Waals surface area contributed by atoms with Gasteiger partial charge in [0.25, 0.3) is 0 Å². The molecule has 1 aliphatic heterocycles. The number of hydrogen-bond donors (Lipinski definition) is 1. The Morgan fingerprint density at radius 1 is 1.24 bits per heavy atom. The molecule has 118 valence electrons. The van der Waals surface area contributed by atoms with Crippen LogP contribution >= 0.6 is 23.2 Å². The van der Waals surface area contributed by atoms with E-state index in [1.54, 1.807) is 0 Å². The molecule has 1 fully saturated rings. The molecule has 0 amide bonds. The number of piperazine rings is 1. The van der Waals surface area contributed by atoms with Gasteiger partial charge < -0.3 is 5.73 Å². The van der Waals surface area contributed by atoms with Crippen molar-refractivity contribution < 1.29 is 8.42 Å². The molecule has 5 nitrogen and oxygen atoms in total. The van der Waals surface area contributed by atoms with Gasteiger partial charge >= 0.3 is 0 Å². The van der Waals surface area contributed by atoms with Crippen LogP contribution in [0.5, 0.6) is 0 Å². The van der Waals surface area contributed by atoms with Crippen molar-refractivity contribution in [2.75, 3.05) is 32.4 Å². The van der Waals surface area contributed by atoms with Crippen molar-refractivity contribution in [1.82, 2.24) is 9.21 Å². The molecule has 1 aromatic carbocycles. The highest BCUT2D eigenvalue weighted by Crippen LogP contribution is 2.35. The largest absolute Gasteiger partial charge is 0.396 e. The zero-order valence-corrected chi connectivity index (χ0v) is 14.6. The molecular formula is C13H19Cl2N3O2S. The van der Waals surface area contributed by atoms with Crippen LogP contribution in [0.3, 0.4) is 0 Å². The van der Waals surface area contributed by atoms with Crippen LogP contribution < -0.4 is 5.73 Å². The smallest absolute Gasteiger partial charge is 0.244 e. The molecule has 1 saturated heterocycles. The first kappa shape index (κ1) is 16.8. The number of anilines is 1. The van der Waals surface area contributed by atoms with Gasteiger partial charge in [0, 0.05) is 25.2 Å². The van der Waals surface area contributed by atoms with Crippen molar-refractivity contribution in [1.29, 1.82) is 0 Å². The van der Waals surface area contributed by atoms with Crippen LogP contribution in [0.15, 0.2) is 17.0 Å². The number of sulfonamides is 1. The van der Waals surface area contributed by atoms with Crippen molar-refractivity contribution >= 4 is 38.9 Å². The van der Waals surface area contributed by atoms with Crippen molar-refractivity contribution in [2.45, 2.75) is 24.3 Å². The molecular weight excluding hydrogens is 333 g/mol. The summed E-state index contributed by atoms with van der Waals surface area (Å²) in [5.74, 6) is 0. The molecule has 0 bridgehead atoms. The lowest BCUT2D eigenvalue weighted by Gasteiger charge is -2.44. The third kappa shape index (κ3) is 3.00. The van der Waals surface area contributed by atoms with Crippen LogP contribution in [-0.4, -0.2) is 49.8 Å². The summed E-state index contributed by atoms with van der Waals surface area (Å²) >= 11 is 11.9. The zero-order valence-electron chi connectivity index (χ0n) is 12.2. The molecule has 0 aromatic heterocycles. The fourth-order valence-electron chi connectivity index (χ4n) is 2.29. The number of nitrogens with two attached hydrogens (primary N) is 1. The number of nitrogen functional groups attached to an aromatic ring is 1. The highest BCUT2D eigenvalue weighted by Gasteiger charge is 2.38. The predicted octanol–water partition coefficient (Wildman–Crippen LogP) is 2.29. The SMILES string of the molecule is CN1CCN(S(=O)(=O)c2ccc(Cl)c(N)c2Cl)CC1(C)C. The fourth-order valence-corrected chi connectivity index (χ4v) is 4.61. The van der Waals surface area contributed by atoms with Crippen molar-refractivity contribution in [3.05, 3.63) is 22.2 Å². The molecule has 1 heterocycles. The molecule has 2 N–H and O–H groups in total. The number of likely N-dealkylation sites (N-methyl/N-ethyl adjacent to an activating group) is 1. The highest BCUT2D eigenvalue weighted by atomic mass is 35.5. The Morgan fingerprint density at radius 2 is 1.86 bits per heavy atom. The van der Waals surface area contributed by atoms with Gasteiger partial charge in [-0.1, -0.05) is 23.2 Å². The molecule has 2 rings (SSSR count). The van der Waals surface area contributed by atoms with Crippen molar-refractivity contribution in [3.8, 4) is 0 Å². The average molecular weight is 352 g/mol. The lowest BCUT2D eigenvalue weighted by molar-refractivity contribution is 0.0801. The van der Waals surface area contributed by atoms with E-state index in [0.29, 0.717) is 19.6 Å². The van der Waals surface area contributed by atoms with E-state index in [-0.39, 0.29) is 26.2 Å². The van der Waals surface area contributed by atoms with Crippen LogP contribution in [0.25, 0.3) is 0 Å². The van der Waals surface area contributed by atoms with Gasteiger partial charge in [0.2, 0.25) is 10.0 Å². The van der Waals surface area contributed by atoms with Crippen LogP contribution in [0.1, 0.15) is 13.8 Å². The number of hydrogen-bond acceptors (Lipinski definition) is 4. The zero-order chi connectivity index (χ0) is 16.0. The van der Waals surface area contributed by atoms with E-state index < -0.39 is 10.0 Å².